The quantitative estimate of drug-likeness (QED) is 0.375. The number of methoxy groups -OCH3 is 1. The largest absolute Gasteiger partial charge is 0.383 e. The van der Waals surface area contributed by atoms with Crippen LogP contribution in [-0.4, -0.2) is 55.6 Å². The molecule has 4 heterocycles. The van der Waals surface area contributed by atoms with Crippen LogP contribution in [0.2, 0.25) is 0 Å². The van der Waals surface area contributed by atoms with Crippen molar-refractivity contribution in [2.24, 2.45) is 0 Å². The number of rotatable bonds is 4. The first-order chi connectivity index (χ1) is 15.5. The smallest absolute Gasteiger partial charge is 0.134 e. The Kier molecular flexibility index (Phi) is 5.25. The number of ether oxygens (including phenoxy) is 1. The van der Waals surface area contributed by atoms with Gasteiger partial charge in [-0.15, -0.1) is 0 Å². The summed E-state index contributed by atoms with van der Waals surface area (Å²) in [5.74, 6) is 7.12. The van der Waals surface area contributed by atoms with Crippen molar-refractivity contribution >= 4 is 38.0 Å². The number of hydrogen-bond donors (Lipinski definition) is 2. The fourth-order valence-electron chi connectivity index (χ4n) is 4.56. The molecule has 0 amide bonds. The van der Waals surface area contributed by atoms with E-state index in [9.17, 15) is 0 Å². The molecule has 1 aromatic carbocycles. The van der Waals surface area contributed by atoms with Gasteiger partial charge in [-0.1, -0.05) is 11.8 Å². The molecule has 1 fully saturated rings. The first-order valence-corrected chi connectivity index (χ1v) is 11.2. The van der Waals surface area contributed by atoms with Crippen LogP contribution in [0.3, 0.4) is 0 Å². The molecule has 0 bridgehead atoms. The molecule has 2 atom stereocenters. The Morgan fingerprint density at radius 3 is 2.97 bits per heavy atom. The van der Waals surface area contributed by atoms with E-state index in [0.717, 1.165) is 52.6 Å². The highest BCUT2D eigenvalue weighted by Gasteiger charge is 2.37. The van der Waals surface area contributed by atoms with E-state index in [0.29, 0.717) is 12.4 Å². The van der Waals surface area contributed by atoms with Gasteiger partial charge in [0.2, 0.25) is 0 Å². The van der Waals surface area contributed by atoms with E-state index >= 15 is 0 Å². The summed E-state index contributed by atoms with van der Waals surface area (Å²) >= 11 is 0. The average Bonchev–Trinajstić information content (AvgIpc) is 3.48. The molecule has 1 aliphatic rings. The zero-order valence-electron chi connectivity index (χ0n) is 18.2. The van der Waals surface area contributed by atoms with Crippen molar-refractivity contribution in [1.29, 1.82) is 0 Å². The predicted octanol–water partition coefficient (Wildman–Crippen LogP) is 2.22. The summed E-state index contributed by atoms with van der Waals surface area (Å²) in [5, 5.41) is 4.12. The lowest BCUT2D eigenvalue weighted by Gasteiger charge is -2.27. The summed E-state index contributed by atoms with van der Waals surface area (Å²) in [6.07, 6.45) is 6.56. The maximum atomic E-state index is 6.29. The number of anilines is 1. The average molecular weight is 442 g/mol. The van der Waals surface area contributed by atoms with Gasteiger partial charge in [0, 0.05) is 49.4 Å². The first-order valence-electron chi connectivity index (χ1n) is 10.7. The second kappa shape index (κ2) is 8.09. The van der Waals surface area contributed by atoms with Crippen molar-refractivity contribution in [3.05, 3.63) is 54.1 Å². The van der Waals surface area contributed by atoms with E-state index in [4.69, 9.17) is 10.5 Å². The predicted molar refractivity (Wildman–Crippen MR) is 128 cm³/mol. The number of nitrogens with one attached hydrogen (secondary N) is 1. The third-order valence-electron chi connectivity index (χ3n) is 6.14. The molecule has 3 N–H and O–H groups in total. The maximum Gasteiger partial charge on any atom is 0.134 e. The molecule has 0 saturated carbocycles. The molecule has 0 unspecified atom stereocenters. The Labute approximate surface area is 190 Å². The summed E-state index contributed by atoms with van der Waals surface area (Å²) in [7, 11) is 5.77. The fourth-order valence-corrected chi connectivity index (χ4v) is 5.09. The number of aromatic nitrogens is 4. The minimum Gasteiger partial charge on any atom is -0.383 e. The Morgan fingerprint density at radius 2 is 2.16 bits per heavy atom. The number of hydrogen-bond acceptors (Lipinski definition) is 5. The summed E-state index contributed by atoms with van der Waals surface area (Å²) in [6.45, 7) is 4.43. The van der Waals surface area contributed by atoms with Gasteiger partial charge in [-0.05, 0) is 37.6 Å². The molecular weight excluding hydrogens is 416 g/mol. The SMILES string of the molecule is CCn1cnc2cc(C#Cc3cn([C@]4([Si])CN[C@@H](COC)C4)c4ccnc(N)c34)ccc21. The van der Waals surface area contributed by atoms with Crippen molar-refractivity contribution in [1.82, 2.24) is 24.4 Å². The Balaban J connectivity index is 1.56. The molecule has 0 aliphatic carbocycles. The molecule has 7 nitrogen and oxygen atoms in total. The summed E-state index contributed by atoms with van der Waals surface area (Å²) in [6, 6.07) is 8.40. The molecule has 161 valence electrons. The molecule has 5 rings (SSSR count). The lowest BCUT2D eigenvalue weighted by molar-refractivity contribution is 0.171. The van der Waals surface area contributed by atoms with Crippen molar-refractivity contribution in [3.63, 3.8) is 0 Å². The highest BCUT2D eigenvalue weighted by atomic mass is 28.1. The second-order valence-corrected chi connectivity index (χ2v) is 9.19. The Morgan fingerprint density at radius 1 is 1.28 bits per heavy atom. The molecule has 4 aromatic rings. The summed E-state index contributed by atoms with van der Waals surface area (Å²) in [4.78, 5) is 8.81. The zero-order chi connectivity index (χ0) is 22.3. The van der Waals surface area contributed by atoms with Gasteiger partial charge in [0.05, 0.1) is 50.7 Å². The van der Waals surface area contributed by atoms with Crippen LogP contribution in [0.5, 0.6) is 0 Å². The molecule has 3 radical (unpaired) electrons. The molecular formula is C24H25N6OSi. The minimum absolute atomic E-state index is 0.276. The van der Waals surface area contributed by atoms with Crippen LogP contribution >= 0.6 is 0 Å². The third-order valence-corrected chi connectivity index (χ3v) is 6.77. The highest BCUT2D eigenvalue weighted by Crippen LogP contribution is 2.33. The van der Waals surface area contributed by atoms with Gasteiger partial charge in [-0.2, -0.15) is 0 Å². The van der Waals surface area contributed by atoms with Crippen LogP contribution in [0, 0.1) is 11.8 Å². The number of nitrogens with two attached hydrogens (primary N) is 1. The molecule has 1 aliphatic heterocycles. The van der Waals surface area contributed by atoms with E-state index in [-0.39, 0.29) is 11.2 Å². The fraction of sp³-hybridized carbons (Fsp3) is 0.333. The van der Waals surface area contributed by atoms with Gasteiger partial charge in [0.25, 0.3) is 0 Å². The number of nitrogens with zero attached hydrogens (tertiary/aromatic N) is 4. The van der Waals surface area contributed by atoms with Gasteiger partial charge in [0.15, 0.2) is 0 Å². The number of pyridine rings is 1. The Hall–Kier alpha value is -3.12. The lowest BCUT2D eigenvalue weighted by atomic mass is 10.1. The van der Waals surface area contributed by atoms with Crippen LogP contribution in [0.15, 0.2) is 43.0 Å². The van der Waals surface area contributed by atoms with Crippen LogP contribution < -0.4 is 11.1 Å². The van der Waals surface area contributed by atoms with Crippen LogP contribution in [0.4, 0.5) is 5.82 Å². The van der Waals surface area contributed by atoms with E-state index in [2.05, 4.69) is 65.7 Å². The van der Waals surface area contributed by atoms with Gasteiger partial charge in [0.1, 0.15) is 5.82 Å². The number of nitrogen functional groups attached to an aromatic ring is 1. The van der Waals surface area contributed by atoms with Crippen LogP contribution in [0.1, 0.15) is 24.5 Å². The van der Waals surface area contributed by atoms with Crippen LogP contribution in [-0.2, 0) is 16.4 Å². The van der Waals surface area contributed by atoms with E-state index < -0.39 is 0 Å². The lowest BCUT2D eigenvalue weighted by Crippen LogP contribution is -2.35. The standard InChI is InChI=1S/C24H25N6OSi/c1-3-29-15-28-19-10-16(5-7-20(19)29)4-6-17-12-30(21-8-9-26-23(25)22(17)21)24(32)11-18(13-31-2)27-14-24/h5,7-10,12,15,18,27H,3,11,13-14H2,1-2H3,(H2,25,26)/t18-,24-/m1/s1. The second-order valence-electron chi connectivity index (χ2n) is 8.26. The number of benzene rings is 1. The molecule has 3 aromatic heterocycles. The number of fused-ring (bicyclic) bond motifs is 2. The topological polar surface area (TPSA) is 82.9 Å². The minimum atomic E-state index is -0.291. The number of aryl methyl sites for hydroxylation is 1. The van der Waals surface area contributed by atoms with Crippen molar-refractivity contribution in [2.45, 2.75) is 31.1 Å². The molecule has 32 heavy (non-hydrogen) atoms. The van der Waals surface area contributed by atoms with Gasteiger partial charge in [-0.25, -0.2) is 9.97 Å². The van der Waals surface area contributed by atoms with Crippen LogP contribution in [0.25, 0.3) is 21.9 Å². The van der Waals surface area contributed by atoms with E-state index in [1.54, 1.807) is 13.3 Å². The monoisotopic (exact) mass is 441 g/mol. The normalized spacial score (nSPS) is 20.7. The third kappa shape index (κ3) is 3.48. The summed E-state index contributed by atoms with van der Waals surface area (Å²) < 4.78 is 9.68. The molecule has 1 saturated heterocycles. The van der Waals surface area contributed by atoms with Crippen molar-refractivity contribution in [2.75, 3.05) is 26.0 Å². The maximum absolute atomic E-state index is 6.29. The van der Waals surface area contributed by atoms with Crippen molar-refractivity contribution < 1.29 is 4.74 Å². The van der Waals surface area contributed by atoms with E-state index in [1.165, 1.54) is 0 Å². The van der Waals surface area contributed by atoms with Crippen molar-refractivity contribution in [3.8, 4) is 11.8 Å². The molecule has 8 heteroatoms. The van der Waals surface area contributed by atoms with Gasteiger partial charge < -0.3 is 24.9 Å². The van der Waals surface area contributed by atoms with Gasteiger partial charge >= 0.3 is 0 Å². The number of imidazole rings is 1. The highest BCUT2D eigenvalue weighted by molar-refractivity contribution is 6.15. The summed E-state index contributed by atoms with van der Waals surface area (Å²) in [5.41, 5.74) is 11.1. The Bertz CT molecular complexity index is 1360. The molecule has 0 spiro atoms. The first kappa shape index (κ1) is 20.8. The zero-order valence-corrected chi connectivity index (χ0v) is 19.2. The van der Waals surface area contributed by atoms with Gasteiger partial charge in [-0.3, -0.25) is 0 Å². The van der Waals surface area contributed by atoms with E-state index in [1.807, 2.05) is 24.5 Å².